The Kier molecular flexibility index (Phi) is 3.59. The number of benzene rings is 1. The second-order valence-corrected chi connectivity index (χ2v) is 3.45. The molecule has 0 aliphatic carbocycles. The summed E-state index contributed by atoms with van der Waals surface area (Å²) in [5.74, 6) is -6.76. The molecule has 0 saturated carbocycles. The number of carbonyl (C=O) groups is 1. The van der Waals surface area contributed by atoms with Gasteiger partial charge in [0.1, 0.15) is 0 Å². The summed E-state index contributed by atoms with van der Waals surface area (Å²) in [5.41, 5.74) is 6.21. The van der Waals surface area contributed by atoms with Crippen molar-refractivity contribution >= 4 is 17.3 Å². The lowest BCUT2D eigenvalue weighted by molar-refractivity contribution is -0.163. The number of nitrogen functional groups attached to an aromatic ring is 1. The molecule has 0 heterocycles. The Morgan fingerprint density at radius 1 is 1.41 bits per heavy atom. The number of aryl methyl sites for hydroxylation is 1. The van der Waals surface area contributed by atoms with Crippen molar-refractivity contribution in [2.45, 2.75) is 19.3 Å². The van der Waals surface area contributed by atoms with Gasteiger partial charge in [-0.05, 0) is 30.7 Å². The Bertz CT molecular complexity index is 434. The van der Waals surface area contributed by atoms with Crippen molar-refractivity contribution in [2.75, 3.05) is 11.1 Å². The van der Waals surface area contributed by atoms with Gasteiger partial charge in [-0.25, -0.2) is 8.78 Å². The van der Waals surface area contributed by atoms with Crippen molar-refractivity contribution in [2.24, 2.45) is 0 Å². The second kappa shape index (κ2) is 4.60. The van der Waals surface area contributed by atoms with Crippen molar-refractivity contribution in [3.8, 4) is 0 Å². The fourth-order valence-corrected chi connectivity index (χ4v) is 1.13. The summed E-state index contributed by atoms with van der Waals surface area (Å²) >= 11 is 0. The summed E-state index contributed by atoms with van der Waals surface area (Å²) in [6, 6.07) is 4.06. The van der Waals surface area contributed by atoms with Gasteiger partial charge in [-0.1, -0.05) is 0 Å². The molecule has 0 spiro atoms. The first-order valence-corrected chi connectivity index (χ1v) is 4.58. The normalized spacial score (nSPS) is 11.6. The SMILES string of the molecule is Cc1cc(N)ccc1NC(=O)C(F)(F)C(F)F. The van der Waals surface area contributed by atoms with Gasteiger partial charge in [0.2, 0.25) is 0 Å². The summed E-state index contributed by atoms with van der Waals surface area (Å²) in [6.07, 6.45) is -4.04. The molecule has 1 amide bonds. The van der Waals surface area contributed by atoms with Crippen molar-refractivity contribution in [1.29, 1.82) is 0 Å². The molecule has 1 aromatic carbocycles. The van der Waals surface area contributed by atoms with Crippen molar-refractivity contribution in [3.63, 3.8) is 0 Å². The van der Waals surface area contributed by atoms with Crippen LogP contribution in [0.1, 0.15) is 5.56 Å². The largest absolute Gasteiger partial charge is 0.399 e. The zero-order valence-electron chi connectivity index (χ0n) is 8.81. The molecule has 0 unspecified atom stereocenters. The fraction of sp³-hybridized carbons (Fsp3) is 0.300. The molecular weight excluding hydrogens is 240 g/mol. The minimum atomic E-state index is -4.71. The van der Waals surface area contributed by atoms with Gasteiger partial charge in [-0.15, -0.1) is 0 Å². The number of halogens is 4. The molecule has 0 radical (unpaired) electrons. The zero-order valence-corrected chi connectivity index (χ0v) is 8.81. The first-order chi connectivity index (χ1) is 7.75. The molecule has 0 atom stereocenters. The Balaban J connectivity index is 2.89. The molecule has 1 rings (SSSR count). The molecule has 3 nitrogen and oxygen atoms in total. The highest BCUT2D eigenvalue weighted by Crippen LogP contribution is 2.26. The highest BCUT2D eigenvalue weighted by Gasteiger charge is 2.49. The average molecular weight is 250 g/mol. The number of amides is 1. The van der Waals surface area contributed by atoms with Crippen LogP contribution >= 0.6 is 0 Å². The van der Waals surface area contributed by atoms with Crippen LogP contribution in [0.3, 0.4) is 0 Å². The van der Waals surface area contributed by atoms with Gasteiger partial charge < -0.3 is 11.1 Å². The number of hydrogen-bond acceptors (Lipinski definition) is 2. The number of nitrogens with two attached hydrogens (primary N) is 1. The number of nitrogens with one attached hydrogen (secondary N) is 1. The Labute approximate surface area is 94.6 Å². The quantitative estimate of drug-likeness (QED) is 0.639. The molecule has 0 aliphatic rings. The van der Waals surface area contributed by atoms with Crippen LogP contribution in [0, 0.1) is 6.92 Å². The maximum absolute atomic E-state index is 12.6. The van der Waals surface area contributed by atoms with Crippen LogP contribution in [0.15, 0.2) is 18.2 Å². The van der Waals surface area contributed by atoms with Gasteiger partial charge in [0.15, 0.2) is 0 Å². The number of hydrogen-bond donors (Lipinski definition) is 2. The maximum atomic E-state index is 12.6. The Morgan fingerprint density at radius 2 is 2.00 bits per heavy atom. The topological polar surface area (TPSA) is 55.1 Å². The molecule has 0 aromatic heterocycles. The van der Waals surface area contributed by atoms with E-state index in [0.717, 1.165) is 0 Å². The van der Waals surface area contributed by atoms with Gasteiger partial charge in [0, 0.05) is 11.4 Å². The summed E-state index contributed by atoms with van der Waals surface area (Å²) in [6.45, 7) is 1.51. The highest BCUT2D eigenvalue weighted by molar-refractivity contribution is 5.97. The van der Waals surface area contributed by atoms with Crippen LogP contribution in [-0.4, -0.2) is 18.3 Å². The van der Waals surface area contributed by atoms with E-state index in [2.05, 4.69) is 0 Å². The fourth-order valence-electron chi connectivity index (χ4n) is 1.13. The van der Waals surface area contributed by atoms with Crippen LogP contribution < -0.4 is 11.1 Å². The third-order valence-electron chi connectivity index (χ3n) is 2.08. The van der Waals surface area contributed by atoms with Crippen LogP contribution in [0.5, 0.6) is 0 Å². The van der Waals surface area contributed by atoms with Gasteiger partial charge >= 0.3 is 18.3 Å². The Hall–Kier alpha value is -1.79. The summed E-state index contributed by atoms with van der Waals surface area (Å²) in [5, 5.41) is 1.73. The van der Waals surface area contributed by atoms with E-state index in [9.17, 15) is 22.4 Å². The molecule has 0 saturated heterocycles. The molecule has 1 aromatic rings. The lowest BCUT2D eigenvalue weighted by Crippen LogP contribution is -2.41. The molecule has 3 N–H and O–H groups in total. The minimum Gasteiger partial charge on any atom is -0.399 e. The molecule has 0 bridgehead atoms. The van der Waals surface area contributed by atoms with Crippen molar-refractivity contribution in [1.82, 2.24) is 0 Å². The van der Waals surface area contributed by atoms with E-state index in [1.807, 2.05) is 0 Å². The molecular formula is C10H10F4N2O. The smallest absolute Gasteiger partial charge is 0.383 e. The second-order valence-electron chi connectivity index (χ2n) is 3.45. The molecule has 94 valence electrons. The zero-order chi connectivity index (χ0) is 13.2. The molecule has 17 heavy (non-hydrogen) atoms. The molecule has 0 fully saturated rings. The molecule has 0 aliphatic heterocycles. The van der Waals surface area contributed by atoms with Crippen molar-refractivity contribution < 1.29 is 22.4 Å². The average Bonchev–Trinajstić information content (AvgIpc) is 2.21. The lowest BCUT2D eigenvalue weighted by atomic mass is 10.1. The number of anilines is 2. The van der Waals surface area contributed by atoms with E-state index in [4.69, 9.17) is 5.73 Å². The minimum absolute atomic E-state index is 0.0181. The third-order valence-corrected chi connectivity index (χ3v) is 2.08. The van der Waals surface area contributed by atoms with Gasteiger partial charge in [0.25, 0.3) is 0 Å². The van der Waals surface area contributed by atoms with E-state index in [0.29, 0.717) is 11.3 Å². The van der Waals surface area contributed by atoms with Gasteiger partial charge in [-0.2, -0.15) is 8.78 Å². The van der Waals surface area contributed by atoms with E-state index in [-0.39, 0.29) is 5.69 Å². The van der Waals surface area contributed by atoms with Crippen LogP contribution in [0.4, 0.5) is 28.9 Å². The Morgan fingerprint density at radius 3 is 2.47 bits per heavy atom. The first-order valence-electron chi connectivity index (χ1n) is 4.58. The van der Waals surface area contributed by atoms with Crippen LogP contribution in [0.2, 0.25) is 0 Å². The van der Waals surface area contributed by atoms with Gasteiger partial charge in [-0.3, -0.25) is 4.79 Å². The summed E-state index contributed by atoms with van der Waals surface area (Å²) in [4.78, 5) is 10.9. The maximum Gasteiger partial charge on any atom is 0.383 e. The summed E-state index contributed by atoms with van der Waals surface area (Å²) < 4.78 is 49.1. The third kappa shape index (κ3) is 2.86. The highest BCUT2D eigenvalue weighted by atomic mass is 19.3. The van der Waals surface area contributed by atoms with E-state index >= 15 is 0 Å². The molecule has 7 heteroatoms. The number of carbonyl (C=O) groups excluding carboxylic acids is 1. The number of rotatable bonds is 3. The predicted molar refractivity (Wildman–Crippen MR) is 55.2 cm³/mol. The van der Waals surface area contributed by atoms with Crippen LogP contribution in [0.25, 0.3) is 0 Å². The predicted octanol–water partition coefficient (Wildman–Crippen LogP) is 2.42. The lowest BCUT2D eigenvalue weighted by Gasteiger charge is -2.16. The van der Waals surface area contributed by atoms with Crippen molar-refractivity contribution in [3.05, 3.63) is 23.8 Å². The standard InChI is InChI=1S/C10H10F4N2O/c1-5-4-6(15)2-3-7(5)16-9(17)10(13,14)8(11)12/h2-4,8H,15H2,1H3,(H,16,17). The van der Waals surface area contributed by atoms with E-state index < -0.39 is 18.3 Å². The number of alkyl halides is 4. The first kappa shape index (κ1) is 13.3. The van der Waals surface area contributed by atoms with Crippen LogP contribution in [-0.2, 0) is 4.79 Å². The monoisotopic (exact) mass is 250 g/mol. The van der Waals surface area contributed by atoms with E-state index in [1.165, 1.54) is 25.1 Å². The van der Waals surface area contributed by atoms with Gasteiger partial charge in [0.05, 0.1) is 0 Å². The van der Waals surface area contributed by atoms with E-state index in [1.54, 1.807) is 5.32 Å². The summed E-state index contributed by atoms with van der Waals surface area (Å²) in [7, 11) is 0.